The maximum atomic E-state index is 12.2. The second-order valence-corrected chi connectivity index (χ2v) is 9.05. The predicted molar refractivity (Wildman–Crippen MR) is 128 cm³/mol. The van der Waals surface area contributed by atoms with Gasteiger partial charge in [0.1, 0.15) is 11.3 Å². The second-order valence-electron chi connectivity index (χ2n) is 9.05. The van der Waals surface area contributed by atoms with Crippen molar-refractivity contribution in [1.82, 2.24) is 19.5 Å². The number of pyridine rings is 2. The van der Waals surface area contributed by atoms with Gasteiger partial charge in [-0.1, -0.05) is 18.9 Å². The number of ether oxygens (including phenoxy) is 1. The molecule has 0 bridgehead atoms. The molecule has 3 aromatic heterocycles. The molecule has 7 nitrogen and oxygen atoms in total. The first kappa shape index (κ1) is 20.1. The van der Waals surface area contributed by atoms with Crippen molar-refractivity contribution in [2.75, 3.05) is 11.9 Å². The van der Waals surface area contributed by atoms with Gasteiger partial charge in [0.2, 0.25) is 5.91 Å². The van der Waals surface area contributed by atoms with Crippen molar-refractivity contribution in [3.63, 3.8) is 0 Å². The van der Waals surface area contributed by atoms with Crippen LogP contribution in [0.3, 0.4) is 0 Å². The fourth-order valence-electron chi connectivity index (χ4n) is 4.92. The zero-order valence-corrected chi connectivity index (χ0v) is 18.8. The Bertz CT molecular complexity index is 1350. The normalized spacial score (nSPS) is 16.5. The van der Waals surface area contributed by atoms with Gasteiger partial charge in [0, 0.05) is 23.5 Å². The molecule has 1 aromatic carbocycles. The first-order valence-corrected chi connectivity index (χ1v) is 11.9. The minimum Gasteiger partial charge on any atom is -0.465 e. The number of carbonyl (C=O) groups excluding carboxylic acids is 1. The lowest BCUT2D eigenvalue weighted by atomic mass is 10.0. The van der Waals surface area contributed by atoms with E-state index in [1.54, 1.807) is 6.20 Å². The molecule has 7 heteroatoms. The number of nitrogens with zero attached hydrogens (tertiary/aromatic N) is 4. The number of anilines is 1. The van der Waals surface area contributed by atoms with Crippen molar-refractivity contribution in [2.24, 2.45) is 5.92 Å². The summed E-state index contributed by atoms with van der Waals surface area (Å²) in [4.78, 5) is 26.0. The van der Waals surface area contributed by atoms with Gasteiger partial charge in [0.15, 0.2) is 0 Å². The zero-order valence-electron chi connectivity index (χ0n) is 18.8. The number of nitrogens with one attached hydrogen (secondary N) is 1. The van der Waals surface area contributed by atoms with Crippen LogP contribution in [0.5, 0.6) is 6.01 Å². The largest absolute Gasteiger partial charge is 0.465 e. The van der Waals surface area contributed by atoms with Gasteiger partial charge in [-0.25, -0.2) is 4.98 Å². The SMILES string of the molecule is CCOc1nc2cnc3ccc(-c4ccnc(NC(=O)C5CC5)c4)cc3c2n1C1CCCC1. The number of carbonyl (C=O) groups is 1. The fraction of sp³-hybridized carbons (Fsp3) is 0.385. The second kappa shape index (κ2) is 8.14. The van der Waals surface area contributed by atoms with E-state index in [4.69, 9.17) is 9.72 Å². The van der Waals surface area contributed by atoms with Crippen LogP contribution in [0.15, 0.2) is 42.7 Å². The molecule has 0 atom stereocenters. The number of hydrogen-bond acceptors (Lipinski definition) is 5. The minimum absolute atomic E-state index is 0.0630. The summed E-state index contributed by atoms with van der Waals surface area (Å²) in [6, 6.07) is 11.3. The van der Waals surface area contributed by atoms with E-state index in [9.17, 15) is 4.79 Å². The Morgan fingerprint density at radius 3 is 2.67 bits per heavy atom. The third-order valence-corrected chi connectivity index (χ3v) is 6.74. The average molecular weight is 442 g/mol. The summed E-state index contributed by atoms with van der Waals surface area (Å²) in [6.07, 6.45) is 10.3. The average Bonchev–Trinajstić information content (AvgIpc) is 3.43. The maximum Gasteiger partial charge on any atom is 0.297 e. The van der Waals surface area contributed by atoms with Gasteiger partial charge in [-0.15, -0.1) is 0 Å². The van der Waals surface area contributed by atoms with E-state index in [0.717, 1.165) is 58.7 Å². The molecule has 0 radical (unpaired) electrons. The van der Waals surface area contributed by atoms with E-state index in [-0.39, 0.29) is 11.8 Å². The number of amides is 1. The van der Waals surface area contributed by atoms with Gasteiger partial charge in [0.25, 0.3) is 6.01 Å². The molecule has 3 heterocycles. The highest BCUT2D eigenvalue weighted by Gasteiger charge is 2.30. The third kappa shape index (κ3) is 3.71. The Labute approximate surface area is 192 Å². The van der Waals surface area contributed by atoms with Crippen LogP contribution >= 0.6 is 0 Å². The van der Waals surface area contributed by atoms with Gasteiger partial charge < -0.3 is 10.1 Å². The molecule has 0 unspecified atom stereocenters. The number of benzene rings is 1. The van der Waals surface area contributed by atoms with E-state index < -0.39 is 0 Å². The first-order chi connectivity index (χ1) is 16.2. The molecular weight excluding hydrogens is 414 g/mol. The summed E-state index contributed by atoms with van der Waals surface area (Å²) in [5.41, 5.74) is 4.95. The molecule has 6 rings (SSSR count). The van der Waals surface area contributed by atoms with Crippen molar-refractivity contribution < 1.29 is 9.53 Å². The molecule has 0 spiro atoms. The quantitative estimate of drug-likeness (QED) is 0.427. The summed E-state index contributed by atoms with van der Waals surface area (Å²) in [6.45, 7) is 2.58. The molecule has 0 aliphatic heterocycles. The first-order valence-electron chi connectivity index (χ1n) is 11.9. The predicted octanol–water partition coefficient (Wildman–Crippen LogP) is 5.51. The van der Waals surface area contributed by atoms with Crippen LogP contribution in [-0.4, -0.2) is 32.0 Å². The van der Waals surface area contributed by atoms with Gasteiger partial charge >= 0.3 is 0 Å². The molecule has 33 heavy (non-hydrogen) atoms. The van der Waals surface area contributed by atoms with Gasteiger partial charge in [-0.05, 0) is 68.0 Å². The lowest BCUT2D eigenvalue weighted by Crippen LogP contribution is -2.14. The van der Waals surface area contributed by atoms with Gasteiger partial charge in [-0.3, -0.25) is 14.3 Å². The van der Waals surface area contributed by atoms with Crippen LogP contribution < -0.4 is 10.1 Å². The van der Waals surface area contributed by atoms with Crippen molar-refractivity contribution in [2.45, 2.75) is 51.5 Å². The Kier molecular flexibility index (Phi) is 4.97. The number of imidazole rings is 1. The zero-order chi connectivity index (χ0) is 22.4. The third-order valence-electron chi connectivity index (χ3n) is 6.74. The van der Waals surface area contributed by atoms with E-state index in [1.165, 1.54) is 12.8 Å². The summed E-state index contributed by atoms with van der Waals surface area (Å²) < 4.78 is 8.25. The Morgan fingerprint density at radius 1 is 1.06 bits per heavy atom. The molecule has 168 valence electrons. The molecular formula is C26H27N5O2. The molecule has 0 saturated heterocycles. The molecule has 1 N–H and O–H groups in total. The van der Waals surface area contributed by atoms with Crippen molar-refractivity contribution in [1.29, 1.82) is 0 Å². The Morgan fingerprint density at radius 2 is 1.88 bits per heavy atom. The topological polar surface area (TPSA) is 81.9 Å². The van der Waals surface area contributed by atoms with E-state index in [0.29, 0.717) is 24.5 Å². The molecule has 2 aliphatic rings. The van der Waals surface area contributed by atoms with E-state index in [1.807, 2.05) is 25.3 Å². The van der Waals surface area contributed by atoms with Crippen LogP contribution in [0, 0.1) is 5.92 Å². The lowest BCUT2D eigenvalue weighted by molar-refractivity contribution is -0.117. The Hall–Kier alpha value is -3.48. The summed E-state index contributed by atoms with van der Waals surface area (Å²) in [5.74, 6) is 0.800. The Balaban J connectivity index is 1.47. The van der Waals surface area contributed by atoms with Crippen molar-refractivity contribution >= 4 is 33.7 Å². The van der Waals surface area contributed by atoms with Crippen LogP contribution in [0.1, 0.15) is 51.5 Å². The van der Waals surface area contributed by atoms with Crippen LogP contribution in [0.2, 0.25) is 0 Å². The molecule has 2 fully saturated rings. The van der Waals surface area contributed by atoms with E-state index >= 15 is 0 Å². The minimum atomic E-state index is 0.0630. The molecule has 4 aromatic rings. The maximum absolute atomic E-state index is 12.2. The number of rotatable bonds is 6. The number of hydrogen-bond donors (Lipinski definition) is 1. The lowest BCUT2D eigenvalue weighted by Gasteiger charge is -2.17. The number of fused-ring (bicyclic) bond motifs is 3. The van der Waals surface area contributed by atoms with Crippen LogP contribution in [-0.2, 0) is 4.79 Å². The van der Waals surface area contributed by atoms with E-state index in [2.05, 4.69) is 38.1 Å². The van der Waals surface area contributed by atoms with Gasteiger partial charge in [0.05, 0.1) is 23.8 Å². The molecule has 2 saturated carbocycles. The highest BCUT2D eigenvalue weighted by Crippen LogP contribution is 2.39. The fourth-order valence-corrected chi connectivity index (χ4v) is 4.92. The van der Waals surface area contributed by atoms with Gasteiger partial charge in [-0.2, -0.15) is 4.98 Å². The monoisotopic (exact) mass is 441 g/mol. The van der Waals surface area contributed by atoms with Crippen LogP contribution in [0.4, 0.5) is 5.82 Å². The van der Waals surface area contributed by atoms with Crippen molar-refractivity contribution in [3.05, 3.63) is 42.7 Å². The van der Waals surface area contributed by atoms with Crippen LogP contribution in [0.25, 0.3) is 33.1 Å². The highest BCUT2D eigenvalue weighted by molar-refractivity contribution is 6.04. The highest BCUT2D eigenvalue weighted by atomic mass is 16.5. The summed E-state index contributed by atoms with van der Waals surface area (Å²) in [7, 11) is 0. The molecule has 2 aliphatic carbocycles. The summed E-state index contributed by atoms with van der Waals surface area (Å²) in [5, 5.41) is 4.02. The van der Waals surface area contributed by atoms with Crippen molar-refractivity contribution in [3.8, 4) is 17.1 Å². The standard InChI is InChI=1S/C26H27N5O2/c1-2-33-26-29-22-15-28-21-10-9-17(13-20(21)24(22)31(26)19-5-3-4-6-19)18-11-12-27-23(14-18)30-25(32)16-7-8-16/h9-16,19H,2-8H2,1H3,(H,27,30,32). The number of aromatic nitrogens is 4. The molecule has 1 amide bonds. The smallest absolute Gasteiger partial charge is 0.297 e. The summed E-state index contributed by atoms with van der Waals surface area (Å²) >= 11 is 0.